The van der Waals surface area contributed by atoms with Crippen LogP contribution in [0.4, 0.5) is 0 Å². The zero-order valence-corrected chi connectivity index (χ0v) is 14.2. The number of ether oxygens (including phenoxy) is 1. The molecule has 0 spiro atoms. The molecule has 0 unspecified atom stereocenters. The molecular weight excluding hydrogens is 328 g/mol. The van der Waals surface area contributed by atoms with Crippen molar-refractivity contribution in [3.63, 3.8) is 0 Å². The van der Waals surface area contributed by atoms with Gasteiger partial charge in [0.1, 0.15) is 16.4 Å². The number of carbonyl (C=O) groups is 1. The lowest BCUT2D eigenvalue weighted by Crippen LogP contribution is -2.49. The summed E-state index contributed by atoms with van der Waals surface area (Å²) >= 11 is 5.91. The maximum atomic E-state index is 12.7. The van der Waals surface area contributed by atoms with Gasteiger partial charge in [-0.3, -0.25) is 9.69 Å². The van der Waals surface area contributed by atoms with Gasteiger partial charge in [-0.25, -0.2) is 8.42 Å². The van der Waals surface area contributed by atoms with Gasteiger partial charge in [-0.2, -0.15) is 4.31 Å². The molecule has 122 valence electrons. The van der Waals surface area contributed by atoms with E-state index in [4.69, 9.17) is 16.3 Å². The first-order valence-electron chi connectivity index (χ1n) is 6.90. The molecule has 0 atom stereocenters. The predicted octanol–water partition coefficient (Wildman–Crippen LogP) is 1.24. The van der Waals surface area contributed by atoms with Crippen molar-refractivity contribution < 1.29 is 17.9 Å². The Bertz CT molecular complexity index is 655. The molecule has 0 aliphatic carbocycles. The first kappa shape index (κ1) is 17.2. The molecule has 1 aliphatic heterocycles. The van der Waals surface area contributed by atoms with Crippen molar-refractivity contribution in [1.29, 1.82) is 0 Å². The van der Waals surface area contributed by atoms with Gasteiger partial charge in [0.15, 0.2) is 0 Å². The molecule has 0 N–H and O–H groups in total. The van der Waals surface area contributed by atoms with Gasteiger partial charge in [-0.15, -0.1) is 0 Å². The lowest BCUT2D eigenvalue weighted by molar-refractivity contribution is -0.118. The van der Waals surface area contributed by atoms with E-state index in [1.807, 2.05) is 4.90 Å². The van der Waals surface area contributed by atoms with E-state index < -0.39 is 10.0 Å². The minimum absolute atomic E-state index is 0.0718. The topological polar surface area (TPSA) is 66.9 Å². The third kappa shape index (κ3) is 3.78. The Labute approximate surface area is 135 Å². The molecule has 1 aromatic carbocycles. The number of piperazine rings is 1. The molecule has 1 aliphatic rings. The Morgan fingerprint density at radius 3 is 2.45 bits per heavy atom. The molecule has 6 nitrogen and oxygen atoms in total. The number of ketones is 1. The van der Waals surface area contributed by atoms with Crippen LogP contribution in [-0.2, 0) is 14.8 Å². The quantitative estimate of drug-likeness (QED) is 0.802. The van der Waals surface area contributed by atoms with Crippen molar-refractivity contribution in [1.82, 2.24) is 9.21 Å². The van der Waals surface area contributed by atoms with Crippen molar-refractivity contribution >= 4 is 27.4 Å². The highest BCUT2D eigenvalue weighted by Gasteiger charge is 2.31. The van der Waals surface area contributed by atoms with E-state index in [0.29, 0.717) is 37.7 Å². The molecule has 0 bridgehead atoms. The van der Waals surface area contributed by atoms with Gasteiger partial charge < -0.3 is 4.74 Å². The van der Waals surface area contributed by atoms with E-state index >= 15 is 0 Å². The first-order chi connectivity index (χ1) is 10.3. The van der Waals surface area contributed by atoms with Crippen molar-refractivity contribution in [3.8, 4) is 5.75 Å². The Morgan fingerprint density at radius 1 is 1.27 bits per heavy atom. The van der Waals surface area contributed by atoms with Crippen LogP contribution < -0.4 is 4.74 Å². The summed E-state index contributed by atoms with van der Waals surface area (Å²) in [5.41, 5.74) is 0. The molecule has 0 radical (unpaired) electrons. The van der Waals surface area contributed by atoms with E-state index in [1.54, 1.807) is 12.1 Å². The summed E-state index contributed by atoms with van der Waals surface area (Å²) in [7, 11) is -2.24. The number of methoxy groups -OCH3 is 1. The fourth-order valence-electron chi connectivity index (χ4n) is 2.43. The molecule has 0 aromatic heterocycles. The number of rotatable bonds is 5. The second-order valence-corrected chi connectivity index (χ2v) is 7.52. The normalized spacial score (nSPS) is 17.4. The van der Waals surface area contributed by atoms with Crippen LogP contribution >= 0.6 is 11.6 Å². The second-order valence-electron chi connectivity index (χ2n) is 5.18. The number of sulfonamides is 1. The molecule has 2 rings (SSSR count). The summed E-state index contributed by atoms with van der Waals surface area (Å²) in [4.78, 5) is 13.1. The Balaban J connectivity index is 2.19. The van der Waals surface area contributed by atoms with E-state index in [-0.39, 0.29) is 16.4 Å². The van der Waals surface area contributed by atoms with Gasteiger partial charge in [-0.05, 0) is 25.1 Å². The van der Waals surface area contributed by atoms with Crippen molar-refractivity contribution in [3.05, 3.63) is 23.2 Å². The Hall–Kier alpha value is -1.15. The van der Waals surface area contributed by atoms with E-state index in [2.05, 4.69) is 0 Å². The summed E-state index contributed by atoms with van der Waals surface area (Å²) in [6, 6.07) is 4.53. The summed E-state index contributed by atoms with van der Waals surface area (Å²) in [5.74, 6) is 0.350. The van der Waals surface area contributed by atoms with Crippen LogP contribution in [0.15, 0.2) is 23.1 Å². The number of nitrogens with zero attached hydrogens (tertiary/aromatic N) is 2. The zero-order valence-electron chi connectivity index (χ0n) is 12.6. The smallest absolute Gasteiger partial charge is 0.246 e. The minimum atomic E-state index is -3.67. The average molecular weight is 347 g/mol. The highest BCUT2D eigenvalue weighted by Crippen LogP contribution is 2.30. The highest BCUT2D eigenvalue weighted by atomic mass is 35.5. The lowest BCUT2D eigenvalue weighted by atomic mass is 10.3. The monoisotopic (exact) mass is 346 g/mol. The number of Topliss-reactive ketones (excluding diaryl/α,β-unsaturated/α-hetero) is 1. The number of hydrogen-bond donors (Lipinski definition) is 0. The number of benzene rings is 1. The van der Waals surface area contributed by atoms with Crippen LogP contribution in [0.5, 0.6) is 5.75 Å². The predicted molar refractivity (Wildman–Crippen MR) is 83.9 cm³/mol. The first-order valence-corrected chi connectivity index (χ1v) is 8.72. The van der Waals surface area contributed by atoms with Crippen LogP contribution in [0.3, 0.4) is 0 Å². The number of carbonyl (C=O) groups excluding carboxylic acids is 1. The van der Waals surface area contributed by atoms with Crippen molar-refractivity contribution in [2.24, 2.45) is 0 Å². The van der Waals surface area contributed by atoms with Gasteiger partial charge in [0.25, 0.3) is 0 Å². The maximum absolute atomic E-state index is 12.7. The molecular formula is C14H19ClN2O4S. The molecule has 22 heavy (non-hydrogen) atoms. The van der Waals surface area contributed by atoms with Gasteiger partial charge in [0, 0.05) is 31.2 Å². The molecule has 0 amide bonds. The average Bonchev–Trinajstić information content (AvgIpc) is 2.47. The van der Waals surface area contributed by atoms with Crippen LogP contribution in [0.2, 0.25) is 5.02 Å². The number of hydrogen-bond acceptors (Lipinski definition) is 5. The Kier molecular flexibility index (Phi) is 5.44. The highest BCUT2D eigenvalue weighted by molar-refractivity contribution is 7.89. The van der Waals surface area contributed by atoms with Crippen LogP contribution in [0, 0.1) is 0 Å². The molecule has 1 fully saturated rings. The van der Waals surface area contributed by atoms with Crippen LogP contribution in [0.25, 0.3) is 0 Å². The summed E-state index contributed by atoms with van der Waals surface area (Å²) in [6.07, 6.45) is 0. The van der Waals surface area contributed by atoms with Crippen molar-refractivity contribution in [2.75, 3.05) is 39.8 Å². The van der Waals surface area contributed by atoms with E-state index in [1.165, 1.54) is 24.4 Å². The molecule has 0 saturated carbocycles. The maximum Gasteiger partial charge on any atom is 0.246 e. The summed E-state index contributed by atoms with van der Waals surface area (Å²) in [6.45, 7) is 3.62. The second kappa shape index (κ2) is 6.95. The van der Waals surface area contributed by atoms with Crippen LogP contribution in [0.1, 0.15) is 6.92 Å². The van der Waals surface area contributed by atoms with Gasteiger partial charge in [-0.1, -0.05) is 11.6 Å². The third-order valence-electron chi connectivity index (χ3n) is 3.52. The van der Waals surface area contributed by atoms with E-state index in [0.717, 1.165) is 0 Å². The summed E-state index contributed by atoms with van der Waals surface area (Å²) < 4.78 is 32.0. The molecule has 1 heterocycles. The van der Waals surface area contributed by atoms with E-state index in [9.17, 15) is 13.2 Å². The molecule has 8 heteroatoms. The largest absolute Gasteiger partial charge is 0.495 e. The standard InChI is InChI=1S/C14H19ClN2O4S/c1-11(18)10-16-5-7-17(8-6-16)22(19,20)14-9-12(15)3-4-13(14)21-2/h3-4,9H,5-8,10H2,1-2H3. The lowest BCUT2D eigenvalue weighted by Gasteiger charge is -2.33. The third-order valence-corrected chi connectivity index (χ3v) is 5.68. The van der Waals surface area contributed by atoms with Crippen LogP contribution in [-0.4, -0.2) is 63.2 Å². The fourth-order valence-corrected chi connectivity index (χ4v) is 4.27. The van der Waals surface area contributed by atoms with Gasteiger partial charge >= 0.3 is 0 Å². The van der Waals surface area contributed by atoms with Gasteiger partial charge in [0.05, 0.1) is 13.7 Å². The Morgan fingerprint density at radius 2 is 1.91 bits per heavy atom. The molecule has 1 aromatic rings. The molecule has 1 saturated heterocycles. The SMILES string of the molecule is COc1ccc(Cl)cc1S(=O)(=O)N1CCN(CC(C)=O)CC1. The van der Waals surface area contributed by atoms with Crippen molar-refractivity contribution in [2.45, 2.75) is 11.8 Å². The zero-order chi connectivity index (χ0) is 16.3. The van der Waals surface area contributed by atoms with Gasteiger partial charge in [0.2, 0.25) is 10.0 Å². The minimum Gasteiger partial charge on any atom is -0.495 e. The fraction of sp³-hybridized carbons (Fsp3) is 0.500. The summed E-state index contributed by atoms with van der Waals surface area (Å²) in [5, 5.41) is 0.342. The number of halogens is 1.